The Labute approximate surface area is 122 Å². The molecule has 114 valence electrons. The first-order valence-electron chi connectivity index (χ1n) is 7.00. The largest absolute Gasteiger partial charge is 0.481 e. The van der Waals surface area contributed by atoms with Gasteiger partial charge in [-0.15, -0.1) is 11.8 Å². The van der Waals surface area contributed by atoms with Crippen LogP contribution in [0.2, 0.25) is 0 Å². The maximum Gasteiger partial charge on any atom is 0.314 e. The van der Waals surface area contributed by atoms with Gasteiger partial charge in [0.1, 0.15) is 23.5 Å². The Morgan fingerprint density at radius 3 is 2.95 bits per heavy atom. The highest BCUT2D eigenvalue weighted by Crippen LogP contribution is 2.42. The smallest absolute Gasteiger partial charge is 0.314 e. The molecule has 1 amide bonds. The van der Waals surface area contributed by atoms with Gasteiger partial charge in [-0.1, -0.05) is 19.8 Å². The highest BCUT2D eigenvalue weighted by atomic mass is 32.2. The van der Waals surface area contributed by atoms with Crippen molar-refractivity contribution in [2.75, 3.05) is 25.5 Å². The van der Waals surface area contributed by atoms with E-state index in [4.69, 9.17) is 5.11 Å². The second kappa shape index (κ2) is 6.30. The average molecular weight is 304 g/mol. The van der Waals surface area contributed by atoms with Crippen LogP contribution in [0.15, 0.2) is 0 Å². The van der Waals surface area contributed by atoms with E-state index in [0.29, 0.717) is 0 Å². The summed E-state index contributed by atoms with van der Waals surface area (Å²) in [6, 6.07) is -0.233. The number of carbonyl (C=O) groups excluding carboxylic acids is 1. The first-order chi connectivity index (χ1) is 9.55. The highest BCUT2D eigenvalue weighted by Gasteiger charge is 2.56. The third-order valence-electron chi connectivity index (χ3n) is 4.00. The molecule has 0 aliphatic carbocycles. The Morgan fingerprint density at radius 2 is 2.35 bits per heavy atom. The molecule has 0 aromatic heterocycles. The normalized spacial score (nSPS) is 32.7. The summed E-state index contributed by atoms with van der Waals surface area (Å²) >= 11 is 1.37. The number of fused-ring (bicyclic) bond motifs is 1. The molecule has 2 heterocycles. The van der Waals surface area contributed by atoms with Gasteiger partial charge in [-0.2, -0.15) is 0 Å². The van der Waals surface area contributed by atoms with E-state index < -0.39 is 18.1 Å². The Balaban J connectivity index is 1.89. The van der Waals surface area contributed by atoms with E-state index >= 15 is 0 Å². The molecular weight excluding hydrogens is 283 g/mol. The summed E-state index contributed by atoms with van der Waals surface area (Å²) in [4.78, 5) is 24.7. The van der Waals surface area contributed by atoms with Gasteiger partial charge in [0.15, 0.2) is 0 Å². The van der Waals surface area contributed by atoms with Crippen LogP contribution in [0.25, 0.3) is 0 Å². The van der Waals surface area contributed by atoms with Crippen molar-refractivity contribution < 1.29 is 19.1 Å². The molecule has 2 fully saturated rings. The van der Waals surface area contributed by atoms with E-state index in [-0.39, 0.29) is 29.6 Å². The molecule has 0 spiro atoms. The summed E-state index contributed by atoms with van der Waals surface area (Å²) in [6.45, 7) is 1.97. The van der Waals surface area contributed by atoms with Crippen LogP contribution in [0, 0.1) is 5.41 Å². The molecule has 2 saturated heterocycles. The number of hydrogen-bond acceptors (Lipinski definition) is 4. The molecule has 2 unspecified atom stereocenters. The lowest BCUT2D eigenvalue weighted by molar-refractivity contribution is -0.158. The van der Waals surface area contributed by atoms with E-state index in [0.717, 1.165) is 25.8 Å². The maximum absolute atomic E-state index is 13.1. The number of amides is 1. The van der Waals surface area contributed by atoms with Gasteiger partial charge in [0.25, 0.3) is 0 Å². The van der Waals surface area contributed by atoms with Gasteiger partial charge in [-0.3, -0.25) is 9.59 Å². The van der Waals surface area contributed by atoms with E-state index in [1.807, 2.05) is 0 Å². The van der Waals surface area contributed by atoms with Crippen LogP contribution in [-0.4, -0.2) is 58.8 Å². The summed E-state index contributed by atoms with van der Waals surface area (Å²) in [7, 11) is 0. The van der Waals surface area contributed by atoms with Crippen LogP contribution in [-0.2, 0) is 9.59 Å². The van der Waals surface area contributed by atoms with Crippen LogP contribution in [0.4, 0.5) is 4.39 Å². The number of halogens is 1. The average Bonchev–Trinajstić information content (AvgIpc) is 2.46. The van der Waals surface area contributed by atoms with Crippen molar-refractivity contribution in [1.82, 2.24) is 10.2 Å². The van der Waals surface area contributed by atoms with Gasteiger partial charge in [-0.25, -0.2) is 4.39 Å². The molecule has 20 heavy (non-hydrogen) atoms. The maximum atomic E-state index is 13.1. The third kappa shape index (κ3) is 2.65. The summed E-state index contributed by atoms with van der Waals surface area (Å²) in [5.74, 6) is -1.03. The van der Waals surface area contributed by atoms with Gasteiger partial charge in [-0.05, 0) is 13.0 Å². The van der Waals surface area contributed by atoms with Crippen LogP contribution in [0.1, 0.15) is 26.2 Å². The minimum atomic E-state index is -1.43. The molecule has 2 aliphatic rings. The molecule has 0 bridgehead atoms. The van der Waals surface area contributed by atoms with Crippen LogP contribution >= 0.6 is 11.8 Å². The first-order valence-corrected chi connectivity index (χ1v) is 8.05. The van der Waals surface area contributed by atoms with Gasteiger partial charge in [0.05, 0.1) is 0 Å². The molecule has 5 nitrogen and oxygen atoms in total. The van der Waals surface area contributed by atoms with Crippen LogP contribution < -0.4 is 5.32 Å². The fourth-order valence-corrected chi connectivity index (χ4v) is 4.13. The van der Waals surface area contributed by atoms with Gasteiger partial charge < -0.3 is 15.3 Å². The van der Waals surface area contributed by atoms with Crippen molar-refractivity contribution >= 4 is 23.6 Å². The number of thioether (sulfide) groups is 1. The number of rotatable bonds is 7. The van der Waals surface area contributed by atoms with Crippen LogP contribution in [0.5, 0.6) is 0 Å². The number of carboxylic acids is 1. The lowest BCUT2D eigenvalue weighted by Gasteiger charge is -2.53. The zero-order chi connectivity index (χ0) is 14.8. The molecule has 2 rings (SSSR count). The third-order valence-corrected chi connectivity index (χ3v) is 5.59. The number of hydrogen-bond donors (Lipinski definition) is 2. The SMILES string of the molecule is CCCCCNC1C(=O)N2CC(CF)(C(=O)O)CS[C@H]12. The number of unbranched alkanes of at least 4 members (excludes halogenated alkanes) is 2. The summed E-state index contributed by atoms with van der Waals surface area (Å²) in [5.41, 5.74) is -1.43. The second-order valence-electron chi connectivity index (χ2n) is 5.53. The Bertz CT molecular complexity index is 396. The molecule has 2 aliphatic heterocycles. The standard InChI is InChI=1S/C13H21FN2O3S/c1-2-3-4-5-15-9-10(17)16-7-13(6-14,12(18)19)8-20-11(9)16/h9,11,15H,2-8H2,1H3,(H,18,19)/t9?,11-,13?/m1/s1. The number of alkyl halides is 1. The molecule has 0 saturated carbocycles. The van der Waals surface area contributed by atoms with E-state index in [9.17, 15) is 14.0 Å². The van der Waals surface area contributed by atoms with E-state index in [1.165, 1.54) is 16.7 Å². The predicted octanol–water partition coefficient (Wildman–Crippen LogP) is 1.09. The van der Waals surface area contributed by atoms with Gasteiger partial charge in [0, 0.05) is 12.3 Å². The van der Waals surface area contributed by atoms with E-state index in [2.05, 4.69) is 12.2 Å². The van der Waals surface area contributed by atoms with Gasteiger partial charge >= 0.3 is 5.97 Å². The Hall–Kier alpha value is -0.820. The monoisotopic (exact) mass is 304 g/mol. The Morgan fingerprint density at radius 1 is 1.60 bits per heavy atom. The zero-order valence-corrected chi connectivity index (χ0v) is 12.4. The second-order valence-corrected chi connectivity index (χ2v) is 6.63. The number of carbonyl (C=O) groups is 2. The molecule has 0 aromatic rings. The summed E-state index contributed by atoms with van der Waals surface area (Å²) in [5, 5.41) is 12.3. The number of carboxylic acid groups (broad SMARTS) is 1. The topological polar surface area (TPSA) is 69.6 Å². The molecule has 0 aromatic carbocycles. The molecule has 3 atom stereocenters. The Kier molecular flexibility index (Phi) is 4.90. The quantitative estimate of drug-likeness (QED) is 0.544. The zero-order valence-electron chi connectivity index (χ0n) is 11.6. The lowest BCUT2D eigenvalue weighted by Crippen LogP contribution is -2.73. The van der Waals surface area contributed by atoms with E-state index in [1.54, 1.807) is 0 Å². The molecule has 7 heteroatoms. The van der Waals surface area contributed by atoms with Crippen molar-refractivity contribution in [2.24, 2.45) is 5.41 Å². The van der Waals surface area contributed by atoms with Crippen molar-refractivity contribution in [3.05, 3.63) is 0 Å². The number of β-lactam (4-membered cyclic amide) rings is 1. The first kappa shape index (κ1) is 15.6. The number of nitrogens with one attached hydrogen (secondary N) is 1. The minimum Gasteiger partial charge on any atom is -0.481 e. The number of nitrogens with zero attached hydrogens (tertiary/aromatic N) is 1. The molecule has 0 radical (unpaired) electrons. The predicted molar refractivity (Wildman–Crippen MR) is 75.3 cm³/mol. The molecule has 2 N–H and O–H groups in total. The number of aliphatic carboxylic acids is 1. The van der Waals surface area contributed by atoms with Gasteiger partial charge in [0.2, 0.25) is 5.91 Å². The molecular formula is C13H21FN2O3S. The van der Waals surface area contributed by atoms with Crippen molar-refractivity contribution in [3.63, 3.8) is 0 Å². The minimum absolute atomic E-state index is 0.0114. The summed E-state index contributed by atoms with van der Waals surface area (Å²) < 4.78 is 13.1. The summed E-state index contributed by atoms with van der Waals surface area (Å²) in [6.07, 6.45) is 3.28. The van der Waals surface area contributed by atoms with Crippen molar-refractivity contribution in [2.45, 2.75) is 37.6 Å². The fourth-order valence-electron chi connectivity index (χ4n) is 2.58. The highest BCUT2D eigenvalue weighted by molar-refractivity contribution is 8.00. The van der Waals surface area contributed by atoms with Crippen molar-refractivity contribution in [3.8, 4) is 0 Å². The fraction of sp³-hybridized carbons (Fsp3) is 0.846. The van der Waals surface area contributed by atoms with Crippen LogP contribution in [0.3, 0.4) is 0 Å². The lowest BCUT2D eigenvalue weighted by atomic mass is 9.88. The van der Waals surface area contributed by atoms with Crippen molar-refractivity contribution in [1.29, 1.82) is 0 Å².